The van der Waals surface area contributed by atoms with E-state index in [0.717, 1.165) is 16.7 Å². The minimum Gasteiger partial charge on any atom is -0.349 e. The first-order valence-corrected chi connectivity index (χ1v) is 10.5. The Labute approximate surface area is 188 Å². The van der Waals surface area contributed by atoms with Gasteiger partial charge in [-0.1, -0.05) is 91.0 Å². The molecule has 0 spiro atoms. The van der Waals surface area contributed by atoms with Crippen LogP contribution < -0.4 is 10.6 Å². The number of hydrogen-bond donors (Lipinski definition) is 2. The average molecular weight is 427 g/mol. The van der Waals surface area contributed by atoms with Gasteiger partial charge in [-0.25, -0.2) is 0 Å². The molecule has 3 aromatic rings. The van der Waals surface area contributed by atoms with E-state index in [9.17, 15) is 14.4 Å². The minimum absolute atomic E-state index is 0.136. The van der Waals surface area contributed by atoms with E-state index in [1.807, 2.05) is 84.9 Å². The van der Waals surface area contributed by atoms with E-state index >= 15 is 0 Å². The van der Waals surface area contributed by atoms with Crippen molar-refractivity contribution in [2.75, 3.05) is 6.54 Å². The first-order valence-electron chi connectivity index (χ1n) is 10.5. The number of ketones is 1. The number of amides is 2. The fraction of sp³-hybridized carbons (Fsp3) is 0.148. The van der Waals surface area contributed by atoms with Gasteiger partial charge in [-0.05, 0) is 29.2 Å². The van der Waals surface area contributed by atoms with Crippen LogP contribution in [0, 0.1) is 0 Å². The average Bonchev–Trinajstić information content (AvgIpc) is 2.82. The third-order valence-corrected chi connectivity index (χ3v) is 4.95. The van der Waals surface area contributed by atoms with Crippen molar-refractivity contribution in [1.82, 2.24) is 10.6 Å². The molecule has 0 aromatic heterocycles. The maximum absolute atomic E-state index is 13.1. The molecule has 1 atom stereocenters. The summed E-state index contributed by atoms with van der Waals surface area (Å²) in [7, 11) is 0. The van der Waals surface area contributed by atoms with Crippen molar-refractivity contribution in [3.8, 4) is 0 Å². The summed E-state index contributed by atoms with van der Waals surface area (Å²) in [6.07, 6.45) is 4.16. The van der Waals surface area contributed by atoms with Crippen LogP contribution in [0.4, 0.5) is 0 Å². The maximum atomic E-state index is 13.1. The summed E-state index contributed by atoms with van der Waals surface area (Å²) in [5.41, 5.74) is 3.17. The zero-order valence-corrected chi connectivity index (χ0v) is 18.0. The summed E-state index contributed by atoms with van der Waals surface area (Å²) >= 11 is 0. The van der Waals surface area contributed by atoms with E-state index in [2.05, 4.69) is 10.6 Å². The highest BCUT2D eigenvalue weighted by Crippen LogP contribution is 2.14. The Kier molecular flexibility index (Phi) is 8.09. The SMILES string of the molecule is CC(=O)NCC(=O)[C@H](Cc1ccccc1)NC(=O)c1ccccc1C=Cc1ccccc1. The van der Waals surface area contributed by atoms with Crippen LogP contribution in [0.15, 0.2) is 84.9 Å². The van der Waals surface area contributed by atoms with Crippen molar-refractivity contribution in [2.24, 2.45) is 0 Å². The Bertz CT molecular complexity index is 1090. The molecule has 5 heteroatoms. The molecule has 162 valence electrons. The normalized spacial score (nSPS) is 11.7. The predicted molar refractivity (Wildman–Crippen MR) is 127 cm³/mol. The van der Waals surface area contributed by atoms with Crippen molar-refractivity contribution in [3.05, 3.63) is 107 Å². The monoisotopic (exact) mass is 426 g/mol. The number of nitrogens with one attached hydrogen (secondary N) is 2. The van der Waals surface area contributed by atoms with Crippen LogP contribution in [0.25, 0.3) is 12.2 Å². The van der Waals surface area contributed by atoms with Gasteiger partial charge < -0.3 is 10.6 Å². The summed E-state index contributed by atoms with van der Waals surface area (Å²) in [5.74, 6) is -0.885. The molecule has 0 radical (unpaired) electrons. The molecule has 0 fully saturated rings. The van der Waals surface area contributed by atoms with Crippen LogP contribution in [-0.2, 0) is 16.0 Å². The highest BCUT2D eigenvalue weighted by molar-refractivity contribution is 6.01. The fourth-order valence-electron chi connectivity index (χ4n) is 3.27. The molecule has 0 aliphatic rings. The second kappa shape index (κ2) is 11.4. The van der Waals surface area contributed by atoms with Crippen molar-refractivity contribution >= 4 is 29.7 Å². The predicted octanol–water partition coefficient (Wildman–Crippen LogP) is 3.90. The summed E-state index contributed by atoms with van der Waals surface area (Å²) in [4.78, 5) is 37.2. The molecule has 32 heavy (non-hydrogen) atoms. The van der Waals surface area contributed by atoms with Gasteiger partial charge in [0.2, 0.25) is 5.91 Å². The second-order valence-corrected chi connectivity index (χ2v) is 7.42. The lowest BCUT2D eigenvalue weighted by molar-refractivity contribution is -0.124. The third-order valence-electron chi connectivity index (χ3n) is 4.95. The van der Waals surface area contributed by atoms with Gasteiger partial charge in [0.05, 0.1) is 12.6 Å². The molecule has 5 nitrogen and oxygen atoms in total. The van der Waals surface area contributed by atoms with Gasteiger partial charge in [0.25, 0.3) is 5.91 Å². The zero-order valence-electron chi connectivity index (χ0n) is 18.0. The lowest BCUT2D eigenvalue weighted by atomic mass is 10.0. The summed E-state index contributed by atoms with van der Waals surface area (Å²) in [6.45, 7) is 1.22. The lowest BCUT2D eigenvalue weighted by Crippen LogP contribution is -2.46. The van der Waals surface area contributed by atoms with Crippen LogP contribution in [0.1, 0.15) is 34.0 Å². The van der Waals surface area contributed by atoms with Crippen LogP contribution in [0.3, 0.4) is 0 Å². The molecule has 0 unspecified atom stereocenters. The zero-order chi connectivity index (χ0) is 22.8. The molecule has 3 rings (SSSR count). The summed E-state index contributed by atoms with van der Waals surface area (Å²) < 4.78 is 0. The van der Waals surface area contributed by atoms with Gasteiger partial charge in [-0.15, -0.1) is 0 Å². The number of rotatable bonds is 9. The summed E-state index contributed by atoms with van der Waals surface area (Å²) in [5, 5.41) is 5.39. The quantitative estimate of drug-likeness (QED) is 0.510. The molecule has 0 saturated heterocycles. The van der Waals surface area contributed by atoms with Gasteiger partial charge in [0.15, 0.2) is 5.78 Å². The third kappa shape index (κ3) is 6.77. The molecule has 3 aromatic carbocycles. The van der Waals surface area contributed by atoms with E-state index in [0.29, 0.717) is 12.0 Å². The van der Waals surface area contributed by atoms with E-state index in [1.54, 1.807) is 12.1 Å². The standard InChI is InChI=1S/C27H26N2O3/c1-20(30)28-19-26(31)25(18-22-12-6-3-7-13-22)29-27(32)24-15-9-8-14-23(24)17-16-21-10-4-2-5-11-21/h2-17,25H,18-19H2,1H3,(H,28,30)(H,29,32)/t25-/m0/s1. The van der Waals surface area contributed by atoms with E-state index < -0.39 is 6.04 Å². The van der Waals surface area contributed by atoms with Gasteiger partial charge in [-0.2, -0.15) is 0 Å². The largest absolute Gasteiger partial charge is 0.349 e. The summed E-state index contributed by atoms with van der Waals surface area (Å²) in [6, 6.07) is 25.8. The number of carbonyl (C=O) groups is 3. The van der Waals surface area contributed by atoms with Crippen molar-refractivity contribution in [2.45, 2.75) is 19.4 Å². The molecule has 0 bridgehead atoms. The highest BCUT2D eigenvalue weighted by Gasteiger charge is 2.22. The second-order valence-electron chi connectivity index (χ2n) is 7.42. The number of carbonyl (C=O) groups excluding carboxylic acids is 3. The van der Waals surface area contributed by atoms with Crippen LogP contribution in [0.5, 0.6) is 0 Å². The van der Waals surface area contributed by atoms with Gasteiger partial charge >= 0.3 is 0 Å². The number of benzene rings is 3. The minimum atomic E-state index is -0.761. The van der Waals surface area contributed by atoms with Crippen molar-refractivity contribution in [1.29, 1.82) is 0 Å². The fourth-order valence-corrected chi connectivity index (χ4v) is 3.27. The highest BCUT2D eigenvalue weighted by atomic mass is 16.2. The first kappa shape index (κ1) is 22.7. The number of hydrogen-bond acceptors (Lipinski definition) is 3. The van der Waals surface area contributed by atoms with Crippen molar-refractivity contribution < 1.29 is 14.4 Å². The first-order chi connectivity index (χ1) is 15.5. The van der Waals surface area contributed by atoms with E-state index in [-0.39, 0.29) is 24.1 Å². The smallest absolute Gasteiger partial charge is 0.252 e. The van der Waals surface area contributed by atoms with Gasteiger partial charge in [0, 0.05) is 12.5 Å². The molecule has 0 aliphatic carbocycles. The van der Waals surface area contributed by atoms with Crippen LogP contribution in [0.2, 0.25) is 0 Å². The molecular weight excluding hydrogens is 400 g/mol. The molecule has 2 N–H and O–H groups in total. The topological polar surface area (TPSA) is 75.3 Å². The molecule has 0 saturated carbocycles. The molecule has 0 aliphatic heterocycles. The van der Waals surface area contributed by atoms with E-state index in [4.69, 9.17) is 0 Å². The van der Waals surface area contributed by atoms with Crippen LogP contribution >= 0.6 is 0 Å². The van der Waals surface area contributed by atoms with Crippen molar-refractivity contribution in [3.63, 3.8) is 0 Å². The van der Waals surface area contributed by atoms with Gasteiger partial charge in [0.1, 0.15) is 0 Å². The van der Waals surface area contributed by atoms with Crippen LogP contribution in [-0.4, -0.2) is 30.2 Å². The Morgan fingerprint density at radius 2 is 1.44 bits per heavy atom. The lowest BCUT2D eigenvalue weighted by Gasteiger charge is -2.19. The number of Topliss-reactive ketones (excluding diaryl/α,β-unsaturated/α-hetero) is 1. The Hall–Kier alpha value is -3.99. The Morgan fingerprint density at radius 1 is 0.812 bits per heavy atom. The Morgan fingerprint density at radius 3 is 2.12 bits per heavy atom. The maximum Gasteiger partial charge on any atom is 0.252 e. The van der Waals surface area contributed by atoms with E-state index in [1.165, 1.54) is 6.92 Å². The van der Waals surface area contributed by atoms with Gasteiger partial charge in [-0.3, -0.25) is 14.4 Å². The molecule has 0 heterocycles. The molecular formula is C27H26N2O3. The molecule has 2 amide bonds. The Balaban J connectivity index is 1.80.